The first-order chi connectivity index (χ1) is 58.2. The maximum absolute atomic E-state index is 14.9. The van der Waals surface area contributed by atoms with Crippen LogP contribution >= 0.6 is 7.82 Å². The molecule has 3 fully saturated rings. The SMILES string of the molecule is CCCCCCCC/C=C\CCCCCC(=O)OCC(COP(=O)(O)OC1C(OC2OC(CO)C(O)C(O)C2O)C(O)C(O)C(OC(=O)CCCCCCCCCCCCCCCCCC)C1OC1OC(COC(=O)CCCCCCCCCCCCCCCCCC)C(O)C(O)C1O)OC(=O)CCCCCCCCCCCCCCCCCC. The Morgan fingerprint density at radius 1 is 0.325 bits per heavy atom. The minimum absolute atomic E-state index is 0.0169. The molecule has 0 aromatic carbocycles. The molecule has 25 nitrogen and oxygen atoms in total. The molecule has 0 amide bonds. The number of carbonyl (C=O) groups is 4. The Hall–Kier alpha value is -2.79. The van der Waals surface area contributed by atoms with Crippen LogP contribution in [0, 0.1) is 0 Å². The minimum atomic E-state index is -5.81. The number of phosphoric acid groups is 1. The molecule has 26 heteroatoms. The van der Waals surface area contributed by atoms with Gasteiger partial charge in [-0.2, -0.15) is 0 Å². The summed E-state index contributed by atoms with van der Waals surface area (Å²) in [5, 5.41) is 102. The highest BCUT2D eigenvalue weighted by atomic mass is 31.2. The summed E-state index contributed by atoms with van der Waals surface area (Å²) in [4.78, 5) is 66.6. The van der Waals surface area contributed by atoms with Crippen LogP contribution < -0.4 is 0 Å². The molecule has 0 spiro atoms. The zero-order chi connectivity index (χ0) is 87.5. The van der Waals surface area contributed by atoms with Crippen LogP contribution in [0.2, 0.25) is 0 Å². The van der Waals surface area contributed by atoms with Gasteiger partial charge in [-0.15, -0.1) is 0 Å². The van der Waals surface area contributed by atoms with Gasteiger partial charge in [-0.05, 0) is 51.4 Å². The monoisotopic (exact) mass is 1740 g/mol. The molecule has 2 heterocycles. The lowest BCUT2D eigenvalue weighted by molar-refractivity contribution is -0.360. The smallest absolute Gasteiger partial charge is 0.463 e. The molecule has 18 unspecified atom stereocenters. The number of ether oxygens (including phenoxy) is 8. The number of hydrogen-bond donors (Lipinski definition) is 10. The highest BCUT2D eigenvalue weighted by Gasteiger charge is 2.60. The molecular formula is C94H175O25P. The summed E-state index contributed by atoms with van der Waals surface area (Å²) in [6, 6.07) is 0. The fourth-order valence-corrected chi connectivity index (χ4v) is 17.2. The quantitative estimate of drug-likeness (QED) is 0.00889. The number of carbonyl (C=O) groups excluding carboxylic acids is 4. The molecule has 0 bridgehead atoms. The van der Waals surface area contributed by atoms with E-state index in [2.05, 4.69) is 39.8 Å². The lowest BCUT2D eigenvalue weighted by Crippen LogP contribution is -2.70. The first-order valence-electron chi connectivity index (χ1n) is 48.9. The van der Waals surface area contributed by atoms with Gasteiger partial charge in [0.15, 0.2) is 24.8 Å². The standard InChI is InChI=1S/C94H175O25P/c1-5-9-13-17-21-25-29-33-36-39-43-47-51-55-59-63-67-78(97)111-73-76-82(101)84(103)88(107)94(115-76)118-91-89(116-80(99)69-65-61-57-53-49-45-41-38-35-31-27-23-19-15-11-7-3)85(104)86(105)90(117-93-87(106)83(102)81(100)75(70-95)114-93)92(91)119-120(108,109)112-72-74(71-110-77(96)66-62-58-54-50-46-42-32-28-24-20-16-12-8-4)113-79(98)68-64-60-56-52-48-44-40-37-34-30-26-22-18-14-10-6-2/h42,46,74-76,81-95,100-107H,5-41,43-45,47-73H2,1-4H3,(H,108,109)/b46-42-. The second kappa shape index (κ2) is 73.2. The molecule has 120 heavy (non-hydrogen) atoms. The van der Waals surface area contributed by atoms with Gasteiger partial charge in [0.2, 0.25) is 0 Å². The number of phosphoric ester groups is 1. The molecule has 3 rings (SSSR count). The number of hydrogen-bond acceptors (Lipinski definition) is 24. The lowest BCUT2D eigenvalue weighted by Gasteiger charge is -2.50. The Bertz CT molecular complexity index is 2530. The highest BCUT2D eigenvalue weighted by Crippen LogP contribution is 2.49. The minimum Gasteiger partial charge on any atom is -0.463 e. The van der Waals surface area contributed by atoms with Crippen LogP contribution in [0.5, 0.6) is 0 Å². The lowest BCUT2D eigenvalue weighted by atomic mass is 9.84. The van der Waals surface area contributed by atoms with Gasteiger partial charge in [-0.3, -0.25) is 28.2 Å². The van der Waals surface area contributed by atoms with E-state index >= 15 is 0 Å². The molecule has 10 N–H and O–H groups in total. The molecule has 1 saturated carbocycles. The summed E-state index contributed by atoms with van der Waals surface area (Å²) < 4.78 is 73.5. The van der Waals surface area contributed by atoms with Crippen LogP contribution in [0.3, 0.4) is 0 Å². The summed E-state index contributed by atoms with van der Waals surface area (Å²) in [5.74, 6) is -2.96. The molecule has 0 aromatic rings. The molecule has 0 aromatic heterocycles. The van der Waals surface area contributed by atoms with Crippen LogP contribution in [-0.4, -0.2) is 205 Å². The highest BCUT2D eigenvalue weighted by molar-refractivity contribution is 7.47. The molecule has 2 saturated heterocycles. The third-order valence-corrected chi connectivity index (χ3v) is 25.0. The maximum Gasteiger partial charge on any atom is 0.472 e. The Kier molecular flexibility index (Phi) is 67.9. The summed E-state index contributed by atoms with van der Waals surface area (Å²) in [5.41, 5.74) is 0. The van der Waals surface area contributed by atoms with E-state index in [0.717, 1.165) is 128 Å². The zero-order valence-corrected chi connectivity index (χ0v) is 76.3. The molecule has 2 aliphatic heterocycles. The number of aliphatic hydroxyl groups excluding tert-OH is 9. The normalized spacial score (nSPS) is 24.7. The summed E-state index contributed by atoms with van der Waals surface area (Å²) in [7, 11) is -5.81. The van der Waals surface area contributed by atoms with Crippen LogP contribution in [0.15, 0.2) is 12.2 Å². The van der Waals surface area contributed by atoms with Crippen molar-refractivity contribution in [1.29, 1.82) is 0 Å². The van der Waals surface area contributed by atoms with Crippen molar-refractivity contribution in [3.05, 3.63) is 12.2 Å². The van der Waals surface area contributed by atoms with Crippen LogP contribution in [0.4, 0.5) is 0 Å². The Balaban J connectivity index is 1.90. The van der Waals surface area contributed by atoms with Crippen molar-refractivity contribution in [3.8, 4) is 0 Å². The largest absolute Gasteiger partial charge is 0.472 e. The van der Waals surface area contributed by atoms with Gasteiger partial charge in [0.05, 0.1) is 13.2 Å². The van der Waals surface area contributed by atoms with Gasteiger partial charge in [-0.25, -0.2) is 4.57 Å². The number of unbranched alkanes of at least 4 members (excludes halogenated alkanes) is 54. The summed E-state index contributed by atoms with van der Waals surface area (Å²) in [6.45, 7) is 5.63. The van der Waals surface area contributed by atoms with Crippen molar-refractivity contribution >= 4 is 31.7 Å². The Morgan fingerprint density at radius 2 is 0.625 bits per heavy atom. The average molecular weight is 1740 g/mol. The van der Waals surface area contributed by atoms with Gasteiger partial charge < -0.3 is 88.7 Å². The van der Waals surface area contributed by atoms with Gasteiger partial charge in [0.25, 0.3) is 0 Å². The van der Waals surface area contributed by atoms with Crippen molar-refractivity contribution in [2.45, 2.75) is 536 Å². The Labute approximate surface area is 724 Å². The predicted molar refractivity (Wildman–Crippen MR) is 467 cm³/mol. The molecule has 0 radical (unpaired) electrons. The Morgan fingerprint density at radius 3 is 1.00 bits per heavy atom. The van der Waals surface area contributed by atoms with Crippen molar-refractivity contribution in [2.75, 3.05) is 26.4 Å². The van der Waals surface area contributed by atoms with Gasteiger partial charge in [0.1, 0.15) is 92.6 Å². The van der Waals surface area contributed by atoms with Crippen LogP contribution in [0.1, 0.15) is 432 Å². The topological polar surface area (TPSA) is 380 Å². The van der Waals surface area contributed by atoms with E-state index in [9.17, 15) is 74.6 Å². The van der Waals surface area contributed by atoms with Crippen molar-refractivity contribution in [3.63, 3.8) is 0 Å². The number of rotatable bonds is 80. The van der Waals surface area contributed by atoms with Gasteiger partial charge >= 0.3 is 31.7 Å². The fraction of sp³-hybridized carbons (Fsp3) is 0.936. The second-order valence-corrected chi connectivity index (χ2v) is 36.4. The van der Waals surface area contributed by atoms with E-state index in [1.807, 2.05) is 0 Å². The molecule has 3 aliphatic rings. The van der Waals surface area contributed by atoms with E-state index in [4.69, 9.17) is 46.9 Å². The molecule has 706 valence electrons. The maximum atomic E-state index is 14.9. The van der Waals surface area contributed by atoms with E-state index in [1.165, 1.54) is 218 Å². The zero-order valence-electron chi connectivity index (χ0n) is 75.4. The van der Waals surface area contributed by atoms with E-state index in [0.29, 0.717) is 32.1 Å². The number of allylic oxidation sites excluding steroid dienone is 2. The number of esters is 4. The third-order valence-electron chi connectivity index (χ3n) is 24.0. The summed E-state index contributed by atoms with van der Waals surface area (Å²) >= 11 is 0. The first kappa shape index (κ1) is 111. The van der Waals surface area contributed by atoms with E-state index < -0.39 is 162 Å². The van der Waals surface area contributed by atoms with Gasteiger partial charge in [-0.1, -0.05) is 367 Å². The average Bonchev–Trinajstić information content (AvgIpc) is 0.754. The van der Waals surface area contributed by atoms with Crippen molar-refractivity contribution < 1.29 is 122 Å². The van der Waals surface area contributed by atoms with Crippen molar-refractivity contribution in [2.24, 2.45) is 0 Å². The van der Waals surface area contributed by atoms with E-state index in [-0.39, 0.29) is 25.7 Å². The first-order valence-corrected chi connectivity index (χ1v) is 50.4. The fourth-order valence-electron chi connectivity index (χ4n) is 16.3. The number of aliphatic hydroxyl groups is 9. The second-order valence-electron chi connectivity index (χ2n) is 34.9. The molecule has 1 aliphatic carbocycles. The molecular weight excluding hydrogens is 1560 g/mol. The van der Waals surface area contributed by atoms with Gasteiger partial charge in [0, 0.05) is 25.7 Å². The molecule has 18 atom stereocenters. The van der Waals surface area contributed by atoms with Crippen molar-refractivity contribution in [1.82, 2.24) is 0 Å². The third kappa shape index (κ3) is 52.5. The van der Waals surface area contributed by atoms with Crippen LogP contribution in [-0.2, 0) is 70.7 Å². The van der Waals surface area contributed by atoms with Crippen LogP contribution in [0.25, 0.3) is 0 Å². The van der Waals surface area contributed by atoms with E-state index in [1.54, 1.807) is 0 Å². The predicted octanol–water partition coefficient (Wildman–Crippen LogP) is 18.7. The summed E-state index contributed by atoms with van der Waals surface area (Å²) in [6.07, 6.45) is 33.2.